The number of hydrogen-bond acceptors (Lipinski definition) is 5. The first kappa shape index (κ1) is 18.8. The number of aromatic nitrogens is 1. The molecule has 1 aromatic carbocycles. The lowest BCUT2D eigenvalue weighted by Gasteiger charge is -2.25. The summed E-state index contributed by atoms with van der Waals surface area (Å²) in [5.41, 5.74) is 1.08. The molecule has 142 valence electrons. The summed E-state index contributed by atoms with van der Waals surface area (Å²) < 4.78 is 0. The fourth-order valence-electron chi connectivity index (χ4n) is 3.10. The highest BCUT2D eigenvalue weighted by atomic mass is 16.3. The van der Waals surface area contributed by atoms with Gasteiger partial charge in [-0.05, 0) is 56.3 Å². The Morgan fingerprint density at radius 3 is 2.52 bits per heavy atom. The highest BCUT2D eigenvalue weighted by Gasteiger charge is 2.14. The molecule has 0 bridgehead atoms. The van der Waals surface area contributed by atoms with Crippen LogP contribution in [0.5, 0.6) is 5.75 Å². The summed E-state index contributed by atoms with van der Waals surface area (Å²) in [5.74, 6) is -0.745. The maximum Gasteiger partial charge on any atom is 0.278 e. The number of hydrogen-bond donors (Lipinski definition) is 3. The smallest absolute Gasteiger partial charge is 0.278 e. The average Bonchev–Trinajstić information content (AvgIpc) is 2.68. The van der Waals surface area contributed by atoms with Crippen LogP contribution in [-0.4, -0.2) is 46.4 Å². The Hall–Kier alpha value is -2.93. The maximum atomic E-state index is 12.2. The van der Waals surface area contributed by atoms with Gasteiger partial charge in [-0.25, -0.2) is 4.98 Å². The molecule has 0 spiro atoms. The number of aromatic hydroxyl groups is 1. The molecule has 7 nitrogen and oxygen atoms in total. The van der Waals surface area contributed by atoms with Gasteiger partial charge in [-0.1, -0.05) is 12.5 Å². The van der Waals surface area contributed by atoms with Crippen LogP contribution in [0.25, 0.3) is 0 Å². The van der Waals surface area contributed by atoms with Gasteiger partial charge < -0.3 is 20.6 Å². The number of pyridine rings is 1. The number of rotatable bonds is 6. The molecule has 7 heteroatoms. The van der Waals surface area contributed by atoms with E-state index in [0.29, 0.717) is 17.8 Å². The Balaban J connectivity index is 1.54. The van der Waals surface area contributed by atoms with Crippen LogP contribution in [0, 0.1) is 0 Å². The number of carbonyl (C=O) groups is 2. The molecule has 1 aromatic heterocycles. The molecule has 0 atom stereocenters. The van der Waals surface area contributed by atoms with Gasteiger partial charge in [0, 0.05) is 30.5 Å². The Bertz CT molecular complexity index is 803. The average molecular weight is 368 g/mol. The normalized spacial score (nSPS) is 14.5. The Morgan fingerprint density at radius 1 is 1.04 bits per heavy atom. The molecule has 1 aliphatic rings. The summed E-state index contributed by atoms with van der Waals surface area (Å²) in [6.07, 6.45) is 5.56. The van der Waals surface area contributed by atoms with Gasteiger partial charge >= 0.3 is 0 Å². The minimum atomic E-state index is -0.512. The second-order valence-corrected chi connectivity index (χ2v) is 6.61. The molecule has 3 N–H and O–H groups in total. The van der Waals surface area contributed by atoms with Gasteiger partial charge in [0.25, 0.3) is 5.91 Å². The second-order valence-electron chi connectivity index (χ2n) is 6.61. The van der Waals surface area contributed by atoms with Crippen LogP contribution in [0.2, 0.25) is 0 Å². The minimum absolute atomic E-state index is 0.0477. The lowest BCUT2D eigenvalue weighted by Crippen LogP contribution is -2.32. The van der Waals surface area contributed by atoms with Crippen LogP contribution >= 0.6 is 0 Å². The van der Waals surface area contributed by atoms with E-state index < -0.39 is 5.91 Å². The van der Waals surface area contributed by atoms with Crippen molar-refractivity contribution < 1.29 is 14.7 Å². The number of nitrogens with zero attached hydrogens (tertiary/aromatic N) is 2. The zero-order chi connectivity index (χ0) is 19.1. The second kappa shape index (κ2) is 9.14. The van der Waals surface area contributed by atoms with Crippen molar-refractivity contribution in [3.63, 3.8) is 0 Å². The van der Waals surface area contributed by atoms with Crippen molar-refractivity contribution in [3.05, 3.63) is 48.3 Å². The molecule has 0 radical (unpaired) electrons. The van der Waals surface area contributed by atoms with Crippen molar-refractivity contribution in [2.75, 3.05) is 30.3 Å². The zero-order valence-corrected chi connectivity index (χ0v) is 15.1. The minimum Gasteiger partial charge on any atom is -0.505 e. The van der Waals surface area contributed by atoms with E-state index in [2.05, 4.69) is 20.5 Å². The van der Waals surface area contributed by atoms with Crippen LogP contribution in [0.3, 0.4) is 0 Å². The number of piperidine rings is 1. The van der Waals surface area contributed by atoms with Gasteiger partial charge in [-0.15, -0.1) is 0 Å². The van der Waals surface area contributed by atoms with Crippen molar-refractivity contribution in [1.29, 1.82) is 0 Å². The number of amides is 2. The third kappa shape index (κ3) is 5.52. The molecule has 1 fully saturated rings. The standard InChI is InChI=1S/C20H24N4O3/c25-17-8-5-10-21-19(17)20(27)23-16-7-4-6-15(14-16)22-18(26)9-13-24-11-2-1-3-12-24/h4-8,10,14,25H,1-3,9,11-13H2,(H,22,26)(H,23,27). The molecular formula is C20H24N4O3. The van der Waals surface area contributed by atoms with Crippen molar-refractivity contribution >= 4 is 23.2 Å². The summed E-state index contributed by atoms with van der Waals surface area (Å²) in [6.45, 7) is 2.89. The van der Waals surface area contributed by atoms with Crippen molar-refractivity contribution in [1.82, 2.24) is 9.88 Å². The molecule has 27 heavy (non-hydrogen) atoms. The predicted octanol–water partition coefficient (Wildman–Crippen LogP) is 2.85. The van der Waals surface area contributed by atoms with Crippen molar-refractivity contribution in [2.45, 2.75) is 25.7 Å². The van der Waals surface area contributed by atoms with E-state index in [4.69, 9.17) is 0 Å². The molecule has 0 saturated carbocycles. The highest BCUT2D eigenvalue weighted by Crippen LogP contribution is 2.19. The number of benzene rings is 1. The van der Waals surface area contributed by atoms with Gasteiger partial charge in [0.15, 0.2) is 5.69 Å². The van der Waals surface area contributed by atoms with E-state index in [0.717, 1.165) is 19.6 Å². The number of nitrogens with one attached hydrogen (secondary N) is 2. The quantitative estimate of drug-likeness (QED) is 0.729. The summed E-state index contributed by atoms with van der Waals surface area (Å²) in [4.78, 5) is 30.6. The van der Waals surface area contributed by atoms with Crippen molar-refractivity contribution in [2.24, 2.45) is 0 Å². The fourth-order valence-corrected chi connectivity index (χ4v) is 3.10. The predicted molar refractivity (Wildman–Crippen MR) is 104 cm³/mol. The topological polar surface area (TPSA) is 94.6 Å². The van der Waals surface area contributed by atoms with Crippen LogP contribution in [0.4, 0.5) is 11.4 Å². The van der Waals surface area contributed by atoms with E-state index in [-0.39, 0.29) is 17.4 Å². The van der Waals surface area contributed by atoms with E-state index in [9.17, 15) is 14.7 Å². The summed E-state index contributed by atoms with van der Waals surface area (Å²) in [6, 6.07) is 9.85. The third-order valence-corrected chi connectivity index (χ3v) is 4.51. The first-order valence-electron chi connectivity index (χ1n) is 9.19. The van der Waals surface area contributed by atoms with E-state index in [1.54, 1.807) is 30.3 Å². The monoisotopic (exact) mass is 368 g/mol. The molecule has 2 heterocycles. The molecule has 3 rings (SSSR count). The van der Waals surface area contributed by atoms with Crippen LogP contribution < -0.4 is 10.6 Å². The van der Waals surface area contributed by atoms with Gasteiger partial charge in [-0.3, -0.25) is 9.59 Å². The summed E-state index contributed by atoms with van der Waals surface area (Å²) >= 11 is 0. The first-order chi connectivity index (χ1) is 13.1. The van der Waals surface area contributed by atoms with Gasteiger partial charge in [-0.2, -0.15) is 0 Å². The van der Waals surface area contributed by atoms with Crippen molar-refractivity contribution in [3.8, 4) is 5.75 Å². The van der Waals surface area contributed by atoms with E-state index in [1.165, 1.54) is 31.5 Å². The van der Waals surface area contributed by atoms with Gasteiger partial charge in [0.05, 0.1) is 0 Å². The van der Waals surface area contributed by atoms with E-state index in [1.807, 2.05) is 0 Å². The molecule has 0 aliphatic carbocycles. The van der Waals surface area contributed by atoms with Crippen LogP contribution in [0.1, 0.15) is 36.2 Å². The maximum absolute atomic E-state index is 12.2. The SMILES string of the molecule is O=C(CCN1CCCCC1)Nc1cccc(NC(=O)c2ncccc2O)c1. The Kier molecular flexibility index (Phi) is 6.38. The largest absolute Gasteiger partial charge is 0.505 e. The van der Waals surface area contributed by atoms with Gasteiger partial charge in [0.1, 0.15) is 5.75 Å². The summed E-state index contributed by atoms with van der Waals surface area (Å²) in [7, 11) is 0. The molecular weight excluding hydrogens is 344 g/mol. The van der Waals surface area contributed by atoms with Crippen LogP contribution in [-0.2, 0) is 4.79 Å². The fraction of sp³-hybridized carbons (Fsp3) is 0.350. The highest BCUT2D eigenvalue weighted by molar-refractivity contribution is 6.05. The Morgan fingerprint density at radius 2 is 1.78 bits per heavy atom. The lowest BCUT2D eigenvalue weighted by molar-refractivity contribution is -0.116. The number of anilines is 2. The molecule has 0 unspecified atom stereocenters. The first-order valence-corrected chi connectivity index (χ1v) is 9.19. The Labute approximate surface area is 158 Å². The molecule has 2 amide bonds. The number of carbonyl (C=O) groups excluding carboxylic acids is 2. The number of likely N-dealkylation sites (tertiary alicyclic amines) is 1. The van der Waals surface area contributed by atoms with Gasteiger partial charge in [0.2, 0.25) is 5.91 Å². The van der Waals surface area contributed by atoms with Crippen LogP contribution in [0.15, 0.2) is 42.6 Å². The molecule has 2 aromatic rings. The third-order valence-electron chi connectivity index (χ3n) is 4.51. The lowest BCUT2D eigenvalue weighted by atomic mass is 10.1. The molecule has 1 saturated heterocycles. The summed E-state index contributed by atoms with van der Waals surface area (Å²) in [5, 5.41) is 15.3. The van der Waals surface area contributed by atoms with E-state index >= 15 is 0 Å². The molecule has 1 aliphatic heterocycles. The zero-order valence-electron chi connectivity index (χ0n) is 15.1.